The molecule has 6 nitrogen and oxygen atoms in total. The van der Waals surface area contributed by atoms with Crippen molar-refractivity contribution in [1.82, 2.24) is 19.8 Å². The molecule has 0 spiro atoms. The Morgan fingerprint density at radius 3 is 2.69 bits per heavy atom. The molecule has 3 amide bonds. The summed E-state index contributed by atoms with van der Waals surface area (Å²) >= 11 is 6.00. The first-order valence-corrected chi connectivity index (χ1v) is 9.50. The Hall–Kier alpha value is -3.38. The summed E-state index contributed by atoms with van der Waals surface area (Å²) in [7, 11) is 0. The van der Waals surface area contributed by atoms with Gasteiger partial charge in [0.05, 0.1) is 18.4 Å². The second-order valence-electron chi connectivity index (χ2n) is 6.88. The molecular weight excluding hydrogens is 388 g/mol. The van der Waals surface area contributed by atoms with Gasteiger partial charge in [-0.25, -0.2) is 4.79 Å². The fourth-order valence-electron chi connectivity index (χ4n) is 3.51. The van der Waals surface area contributed by atoms with Gasteiger partial charge in [0, 0.05) is 22.6 Å². The molecule has 0 aliphatic carbocycles. The largest absolute Gasteiger partial charge is 0.329 e. The Labute approximate surface area is 173 Å². The van der Waals surface area contributed by atoms with Crippen LogP contribution in [0.15, 0.2) is 60.6 Å². The minimum absolute atomic E-state index is 0.164. The van der Waals surface area contributed by atoms with E-state index in [1.165, 1.54) is 4.90 Å². The van der Waals surface area contributed by atoms with Crippen LogP contribution in [0, 0.1) is 13.8 Å². The van der Waals surface area contributed by atoms with Gasteiger partial charge in [-0.3, -0.25) is 14.7 Å². The molecule has 0 bridgehead atoms. The van der Waals surface area contributed by atoms with Crippen molar-refractivity contribution in [3.63, 3.8) is 0 Å². The number of halogens is 1. The highest BCUT2D eigenvalue weighted by Crippen LogP contribution is 2.24. The summed E-state index contributed by atoms with van der Waals surface area (Å²) in [5.74, 6) is -0.360. The number of hydrogen-bond donors (Lipinski definition) is 1. The van der Waals surface area contributed by atoms with Crippen LogP contribution in [0.1, 0.15) is 22.5 Å². The first kappa shape index (κ1) is 19.0. The summed E-state index contributed by atoms with van der Waals surface area (Å²) in [6.45, 7) is 4.12. The lowest BCUT2D eigenvalue weighted by Crippen LogP contribution is -2.30. The number of hydrogen-bond acceptors (Lipinski definition) is 3. The zero-order valence-corrected chi connectivity index (χ0v) is 16.8. The van der Waals surface area contributed by atoms with Crippen LogP contribution in [-0.2, 0) is 11.3 Å². The predicted octanol–water partition coefficient (Wildman–Crippen LogP) is 4.24. The molecule has 3 heterocycles. The van der Waals surface area contributed by atoms with Crippen LogP contribution >= 0.6 is 11.6 Å². The lowest BCUT2D eigenvalue weighted by atomic mass is 10.2. The van der Waals surface area contributed by atoms with E-state index in [9.17, 15) is 9.59 Å². The number of nitrogens with one attached hydrogen (secondary N) is 1. The molecule has 1 N–H and O–H groups in total. The highest BCUT2D eigenvalue weighted by atomic mass is 35.5. The SMILES string of the molecule is Cc1cc(/C=C2/NC(=O)N(Cc3cccc(Cl)c3)C2=O)c(C)n1-c1cccnc1. The van der Waals surface area contributed by atoms with Crippen molar-refractivity contribution in [3.8, 4) is 5.69 Å². The number of aromatic nitrogens is 2. The van der Waals surface area contributed by atoms with Crippen molar-refractivity contribution in [2.75, 3.05) is 0 Å². The van der Waals surface area contributed by atoms with Crippen LogP contribution in [0.2, 0.25) is 5.02 Å². The minimum Gasteiger partial charge on any atom is -0.316 e. The second kappa shape index (κ2) is 7.56. The number of nitrogens with zero attached hydrogens (tertiary/aromatic N) is 3. The van der Waals surface area contributed by atoms with E-state index in [-0.39, 0.29) is 18.1 Å². The molecule has 1 aliphatic heterocycles. The van der Waals surface area contributed by atoms with Crippen molar-refractivity contribution < 1.29 is 9.59 Å². The molecule has 4 rings (SSSR count). The lowest BCUT2D eigenvalue weighted by molar-refractivity contribution is -0.123. The third-order valence-electron chi connectivity index (χ3n) is 4.87. The number of carbonyl (C=O) groups excluding carboxylic acids is 2. The van der Waals surface area contributed by atoms with Crippen LogP contribution < -0.4 is 5.32 Å². The van der Waals surface area contributed by atoms with Gasteiger partial charge in [0.1, 0.15) is 5.70 Å². The molecule has 2 aromatic heterocycles. The first-order chi connectivity index (χ1) is 13.9. The van der Waals surface area contributed by atoms with Gasteiger partial charge in [-0.05, 0) is 61.4 Å². The predicted molar refractivity (Wildman–Crippen MR) is 112 cm³/mol. The molecular formula is C22H19ClN4O2. The molecule has 29 heavy (non-hydrogen) atoms. The highest BCUT2D eigenvalue weighted by Gasteiger charge is 2.33. The van der Waals surface area contributed by atoms with Crippen LogP contribution in [-0.4, -0.2) is 26.4 Å². The van der Waals surface area contributed by atoms with Gasteiger partial charge >= 0.3 is 6.03 Å². The van der Waals surface area contributed by atoms with Crippen LogP contribution in [0.4, 0.5) is 4.79 Å². The van der Waals surface area contributed by atoms with Crippen LogP contribution in [0.3, 0.4) is 0 Å². The van der Waals surface area contributed by atoms with Crippen molar-refractivity contribution >= 4 is 29.6 Å². The van der Waals surface area contributed by atoms with E-state index in [1.807, 2.05) is 38.1 Å². The Bertz CT molecular complexity index is 1130. The molecule has 7 heteroatoms. The quantitative estimate of drug-likeness (QED) is 0.520. The maximum absolute atomic E-state index is 12.8. The van der Waals surface area contributed by atoms with E-state index < -0.39 is 6.03 Å². The van der Waals surface area contributed by atoms with Crippen LogP contribution in [0.25, 0.3) is 11.8 Å². The number of aryl methyl sites for hydroxylation is 1. The molecule has 3 aromatic rings. The fourth-order valence-corrected chi connectivity index (χ4v) is 3.72. The minimum atomic E-state index is -0.442. The molecule has 0 radical (unpaired) electrons. The Morgan fingerprint density at radius 1 is 1.14 bits per heavy atom. The molecule has 0 saturated carbocycles. The van der Waals surface area contributed by atoms with Crippen molar-refractivity contribution in [2.24, 2.45) is 0 Å². The zero-order valence-electron chi connectivity index (χ0n) is 16.0. The third-order valence-corrected chi connectivity index (χ3v) is 5.10. The average molecular weight is 407 g/mol. The Balaban J connectivity index is 1.63. The van der Waals surface area contributed by atoms with Gasteiger partial charge in [-0.1, -0.05) is 23.7 Å². The van der Waals surface area contributed by atoms with Crippen molar-refractivity contribution in [2.45, 2.75) is 20.4 Å². The highest BCUT2D eigenvalue weighted by molar-refractivity contribution is 6.30. The molecule has 0 unspecified atom stereocenters. The van der Waals surface area contributed by atoms with Gasteiger partial charge in [-0.15, -0.1) is 0 Å². The van der Waals surface area contributed by atoms with E-state index in [4.69, 9.17) is 11.6 Å². The lowest BCUT2D eigenvalue weighted by Gasteiger charge is -2.11. The maximum Gasteiger partial charge on any atom is 0.329 e. The smallest absolute Gasteiger partial charge is 0.316 e. The molecule has 146 valence electrons. The van der Waals surface area contributed by atoms with Gasteiger partial charge in [0.2, 0.25) is 0 Å². The molecule has 1 saturated heterocycles. The van der Waals surface area contributed by atoms with E-state index in [2.05, 4.69) is 14.9 Å². The molecule has 0 atom stereocenters. The number of amides is 3. The van der Waals surface area contributed by atoms with E-state index in [0.29, 0.717) is 5.02 Å². The number of imide groups is 1. The second-order valence-corrected chi connectivity index (χ2v) is 7.32. The zero-order chi connectivity index (χ0) is 20.5. The summed E-state index contributed by atoms with van der Waals surface area (Å²) in [5.41, 5.74) is 4.81. The molecule has 1 aromatic carbocycles. The standard InChI is InChI=1S/C22H19ClN4O2/c1-14-9-17(15(2)27(14)19-7-4-8-24-12-19)11-20-21(28)26(22(29)25-20)13-16-5-3-6-18(23)10-16/h3-12H,13H2,1-2H3,(H,25,29)/b20-11+. The Kier molecular flexibility index (Phi) is 4.94. The summed E-state index contributed by atoms with van der Waals surface area (Å²) in [6.07, 6.45) is 5.22. The van der Waals surface area contributed by atoms with E-state index in [0.717, 1.165) is 28.2 Å². The van der Waals surface area contributed by atoms with Gasteiger partial charge < -0.3 is 9.88 Å². The third kappa shape index (κ3) is 3.67. The summed E-state index contributed by atoms with van der Waals surface area (Å²) < 4.78 is 2.06. The first-order valence-electron chi connectivity index (χ1n) is 9.12. The normalized spacial score (nSPS) is 15.3. The van der Waals surface area contributed by atoms with Gasteiger partial charge in [-0.2, -0.15) is 0 Å². The molecule has 1 fully saturated rings. The Morgan fingerprint density at radius 2 is 1.97 bits per heavy atom. The van der Waals surface area contributed by atoms with Gasteiger partial charge in [0.25, 0.3) is 5.91 Å². The fraction of sp³-hybridized carbons (Fsp3) is 0.136. The molecule has 1 aliphatic rings. The van der Waals surface area contributed by atoms with E-state index >= 15 is 0 Å². The number of pyridine rings is 1. The number of rotatable bonds is 4. The van der Waals surface area contributed by atoms with Crippen LogP contribution in [0.5, 0.6) is 0 Å². The number of carbonyl (C=O) groups is 2. The topological polar surface area (TPSA) is 67.2 Å². The summed E-state index contributed by atoms with van der Waals surface area (Å²) in [5, 5.41) is 3.24. The number of benzene rings is 1. The summed E-state index contributed by atoms with van der Waals surface area (Å²) in [4.78, 5) is 30.5. The van der Waals surface area contributed by atoms with E-state index in [1.54, 1.807) is 36.7 Å². The van der Waals surface area contributed by atoms with Crippen molar-refractivity contribution in [3.05, 3.63) is 88.1 Å². The maximum atomic E-state index is 12.8. The number of urea groups is 1. The monoisotopic (exact) mass is 406 g/mol. The van der Waals surface area contributed by atoms with Gasteiger partial charge in [0.15, 0.2) is 0 Å². The summed E-state index contributed by atoms with van der Waals surface area (Å²) in [6, 6.07) is 12.5. The average Bonchev–Trinajstić information content (AvgIpc) is 3.12. The van der Waals surface area contributed by atoms with Crippen molar-refractivity contribution in [1.29, 1.82) is 0 Å².